The van der Waals surface area contributed by atoms with Crippen LogP contribution < -0.4 is 5.73 Å². The van der Waals surface area contributed by atoms with Gasteiger partial charge in [-0.15, -0.1) is 0 Å². The van der Waals surface area contributed by atoms with Crippen molar-refractivity contribution in [3.8, 4) is 0 Å². The minimum absolute atomic E-state index is 0.655. The Kier molecular flexibility index (Phi) is 3.17. The maximum Gasteiger partial charge on any atom is 0.152 e. The van der Waals surface area contributed by atoms with Gasteiger partial charge in [-0.05, 0) is 30.7 Å². The average molecular weight is 214 g/mol. The molecule has 0 aliphatic heterocycles. The molecule has 1 aromatic carbocycles. The zero-order valence-electron chi connectivity index (χ0n) is 8.94. The van der Waals surface area contributed by atoms with Gasteiger partial charge in [0.2, 0.25) is 0 Å². The lowest BCUT2D eigenvalue weighted by Crippen LogP contribution is -1.94. The molecule has 0 amide bonds. The number of aromatic amines is 1. The molecular weight excluding hydrogens is 200 g/mol. The summed E-state index contributed by atoms with van der Waals surface area (Å²) in [5.41, 5.74) is 8.18. The van der Waals surface area contributed by atoms with E-state index in [-0.39, 0.29) is 0 Å². The van der Waals surface area contributed by atoms with Gasteiger partial charge in [0.25, 0.3) is 0 Å². The van der Waals surface area contributed by atoms with E-state index < -0.39 is 0 Å². The second kappa shape index (κ2) is 4.77. The zero-order valence-corrected chi connectivity index (χ0v) is 8.94. The Balaban J connectivity index is 2.37. The van der Waals surface area contributed by atoms with Gasteiger partial charge in [-0.3, -0.25) is 4.79 Å². The number of nitrogens with one attached hydrogen (secondary N) is 1. The van der Waals surface area contributed by atoms with Crippen molar-refractivity contribution < 1.29 is 4.79 Å². The summed E-state index contributed by atoms with van der Waals surface area (Å²) in [5, 5.41) is 0.963. The number of nitrogens with two attached hydrogens (primary N) is 1. The van der Waals surface area contributed by atoms with E-state index in [0.717, 1.165) is 29.2 Å². The first-order valence-electron chi connectivity index (χ1n) is 5.28. The molecule has 2 aromatic rings. The molecule has 0 aliphatic carbocycles. The molecule has 3 heteroatoms. The third kappa shape index (κ3) is 2.04. The van der Waals surface area contributed by atoms with Gasteiger partial charge in [-0.1, -0.05) is 18.2 Å². The van der Waals surface area contributed by atoms with Crippen molar-refractivity contribution in [1.82, 2.24) is 4.98 Å². The average Bonchev–Trinajstić information content (AvgIpc) is 2.71. The molecule has 1 heterocycles. The normalized spacial score (nSPS) is 11.3. The van der Waals surface area contributed by atoms with E-state index >= 15 is 0 Å². The van der Waals surface area contributed by atoms with Crippen LogP contribution in [0.2, 0.25) is 0 Å². The molecule has 0 unspecified atom stereocenters. The molecule has 0 saturated heterocycles. The van der Waals surface area contributed by atoms with Crippen LogP contribution in [0.4, 0.5) is 0 Å². The lowest BCUT2D eigenvalue weighted by Gasteiger charge is -1.95. The number of carbonyl (C=O) groups is 1. The molecule has 82 valence electrons. The Morgan fingerprint density at radius 3 is 3.00 bits per heavy atom. The van der Waals surface area contributed by atoms with E-state index in [0.29, 0.717) is 12.1 Å². The monoisotopic (exact) mass is 214 g/mol. The molecule has 2 rings (SSSR count). The van der Waals surface area contributed by atoms with Gasteiger partial charge in [-0.25, -0.2) is 0 Å². The second-order valence-corrected chi connectivity index (χ2v) is 3.65. The summed E-state index contributed by atoms with van der Waals surface area (Å²) in [6.45, 7) is 0.655. The number of hydrogen-bond donors (Lipinski definition) is 2. The fraction of sp³-hybridized carbons (Fsp3) is 0.154. The van der Waals surface area contributed by atoms with E-state index in [1.165, 1.54) is 0 Å². The first kappa shape index (κ1) is 10.6. The standard InChI is InChI=1S/C13H14N2O/c14-6-2-1-3-10-4-5-13-12(7-10)11(9-16)8-15-13/h1,3-5,7-9,15H,2,6,14H2. The molecule has 0 atom stereocenters. The smallest absolute Gasteiger partial charge is 0.152 e. The van der Waals surface area contributed by atoms with Crippen molar-refractivity contribution in [1.29, 1.82) is 0 Å². The summed E-state index contributed by atoms with van der Waals surface area (Å²) in [6, 6.07) is 5.99. The van der Waals surface area contributed by atoms with Gasteiger partial charge >= 0.3 is 0 Å². The fourth-order valence-electron chi connectivity index (χ4n) is 1.68. The molecule has 0 radical (unpaired) electrons. The Bertz CT molecular complexity index is 526. The van der Waals surface area contributed by atoms with E-state index in [1.807, 2.05) is 30.4 Å². The van der Waals surface area contributed by atoms with Crippen LogP contribution in [-0.4, -0.2) is 17.8 Å². The molecule has 0 fully saturated rings. The summed E-state index contributed by atoms with van der Waals surface area (Å²) in [6.07, 6.45) is 7.52. The third-order valence-corrected chi connectivity index (χ3v) is 2.51. The molecule has 1 aromatic heterocycles. The summed E-state index contributed by atoms with van der Waals surface area (Å²) in [5.74, 6) is 0. The van der Waals surface area contributed by atoms with Crippen molar-refractivity contribution in [2.75, 3.05) is 6.54 Å². The largest absolute Gasteiger partial charge is 0.360 e. The number of benzene rings is 1. The van der Waals surface area contributed by atoms with Crippen LogP contribution >= 0.6 is 0 Å². The molecule has 3 nitrogen and oxygen atoms in total. The van der Waals surface area contributed by atoms with Crippen molar-refractivity contribution in [3.63, 3.8) is 0 Å². The number of fused-ring (bicyclic) bond motifs is 1. The van der Waals surface area contributed by atoms with Gasteiger partial charge in [-0.2, -0.15) is 0 Å². The molecule has 16 heavy (non-hydrogen) atoms. The van der Waals surface area contributed by atoms with Crippen LogP contribution in [0.1, 0.15) is 22.3 Å². The quantitative estimate of drug-likeness (QED) is 0.767. The first-order valence-corrected chi connectivity index (χ1v) is 5.28. The second-order valence-electron chi connectivity index (χ2n) is 3.65. The molecular formula is C13H14N2O. The van der Waals surface area contributed by atoms with Gasteiger partial charge < -0.3 is 10.7 Å². The predicted octanol–water partition coefficient (Wildman–Crippen LogP) is 2.34. The number of H-pyrrole nitrogens is 1. The minimum atomic E-state index is 0.655. The van der Waals surface area contributed by atoms with Crippen LogP contribution in [0.15, 0.2) is 30.5 Å². The van der Waals surface area contributed by atoms with Crippen LogP contribution in [0.3, 0.4) is 0 Å². The van der Waals surface area contributed by atoms with E-state index in [1.54, 1.807) is 6.20 Å². The number of rotatable bonds is 4. The van der Waals surface area contributed by atoms with E-state index in [9.17, 15) is 4.79 Å². The van der Waals surface area contributed by atoms with Crippen molar-refractivity contribution in [2.24, 2.45) is 5.73 Å². The number of carbonyl (C=O) groups excluding carboxylic acids is 1. The lowest BCUT2D eigenvalue weighted by molar-refractivity contribution is 0.112. The van der Waals surface area contributed by atoms with Crippen LogP contribution in [0.5, 0.6) is 0 Å². The Morgan fingerprint density at radius 1 is 1.38 bits per heavy atom. The molecule has 0 spiro atoms. The van der Waals surface area contributed by atoms with Gasteiger partial charge in [0.15, 0.2) is 6.29 Å². The predicted molar refractivity (Wildman–Crippen MR) is 66.4 cm³/mol. The van der Waals surface area contributed by atoms with Gasteiger partial charge in [0.05, 0.1) is 0 Å². The summed E-state index contributed by atoms with van der Waals surface area (Å²) < 4.78 is 0. The number of aldehydes is 1. The maximum atomic E-state index is 10.8. The lowest BCUT2D eigenvalue weighted by atomic mass is 10.1. The van der Waals surface area contributed by atoms with E-state index in [2.05, 4.69) is 4.98 Å². The number of aromatic nitrogens is 1. The Morgan fingerprint density at radius 2 is 2.25 bits per heavy atom. The minimum Gasteiger partial charge on any atom is -0.360 e. The first-order chi connectivity index (χ1) is 7.85. The highest BCUT2D eigenvalue weighted by Gasteiger charge is 2.01. The highest BCUT2D eigenvalue weighted by molar-refractivity contribution is 5.98. The molecule has 3 N–H and O–H groups in total. The van der Waals surface area contributed by atoms with Crippen molar-refractivity contribution >= 4 is 23.3 Å². The SMILES string of the molecule is NCCC=Cc1ccc2[nH]cc(C=O)c2c1. The maximum absolute atomic E-state index is 10.8. The molecule has 0 bridgehead atoms. The Labute approximate surface area is 94.0 Å². The van der Waals surface area contributed by atoms with Crippen LogP contribution in [0, 0.1) is 0 Å². The highest BCUT2D eigenvalue weighted by Crippen LogP contribution is 2.19. The number of hydrogen-bond acceptors (Lipinski definition) is 2. The van der Waals surface area contributed by atoms with E-state index in [4.69, 9.17) is 5.73 Å². The van der Waals surface area contributed by atoms with Crippen molar-refractivity contribution in [3.05, 3.63) is 41.6 Å². The third-order valence-electron chi connectivity index (χ3n) is 2.51. The Hall–Kier alpha value is -1.87. The fourth-order valence-corrected chi connectivity index (χ4v) is 1.68. The topological polar surface area (TPSA) is 58.9 Å². The van der Waals surface area contributed by atoms with Crippen LogP contribution in [-0.2, 0) is 0 Å². The summed E-state index contributed by atoms with van der Waals surface area (Å²) in [7, 11) is 0. The van der Waals surface area contributed by atoms with Crippen molar-refractivity contribution in [2.45, 2.75) is 6.42 Å². The highest BCUT2D eigenvalue weighted by atomic mass is 16.1. The van der Waals surface area contributed by atoms with Gasteiger partial charge in [0.1, 0.15) is 0 Å². The summed E-state index contributed by atoms with van der Waals surface area (Å²) in [4.78, 5) is 13.9. The van der Waals surface area contributed by atoms with Gasteiger partial charge in [0, 0.05) is 22.7 Å². The molecule has 0 saturated carbocycles. The summed E-state index contributed by atoms with van der Waals surface area (Å²) >= 11 is 0. The molecule has 0 aliphatic rings. The zero-order chi connectivity index (χ0) is 11.4. The van der Waals surface area contributed by atoms with Crippen LogP contribution in [0.25, 0.3) is 17.0 Å².